The van der Waals surface area contributed by atoms with E-state index in [0.717, 1.165) is 18.4 Å². The summed E-state index contributed by atoms with van der Waals surface area (Å²) in [4.78, 5) is 30.0. The molecule has 0 unspecified atom stereocenters. The number of carbonyl (C=O) groups is 1. The van der Waals surface area contributed by atoms with E-state index in [-0.39, 0.29) is 23.0 Å². The predicted molar refractivity (Wildman–Crippen MR) is 98.6 cm³/mol. The zero-order chi connectivity index (χ0) is 19.1. The van der Waals surface area contributed by atoms with Crippen LogP contribution in [0.3, 0.4) is 0 Å². The van der Waals surface area contributed by atoms with Gasteiger partial charge in [0.05, 0.1) is 19.8 Å². The first-order valence-corrected chi connectivity index (χ1v) is 8.85. The fraction of sp³-hybridized carbons (Fsp3) is 0.368. The van der Waals surface area contributed by atoms with Gasteiger partial charge in [-0.2, -0.15) is 0 Å². The van der Waals surface area contributed by atoms with Crippen LogP contribution in [-0.4, -0.2) is 35.2 Å². The van der Waals surface area contributed by atoms with E-state index in [1.165, 1.54) is 17.6 Å². The van der Waals surface area contributed by atoms with Crippen molar-refractivity contribution in [3.05, 3.63) is 45.9 Å². The second-order valence-corrected chi connectivity index (χ2v) is 6.72. The molecule has 1 fully saturated rings. The lowest BCUT2D eigenvalue weighted by Crippen LogP contribution is -2.45. The van der Waals surface area contributed by atoms with Crippen LogP contribution >= 0.6 is 0 Å². The maximum atomic E-state index is 13.1. The van der Waals surface area contributed by atoms with Gasteiger partial charge in [0.25, 0.3) is 11.2 Å². The van der Waals surface area contributed by atoms with Crippen molar-refractivity contribution in [2.45, 2.75) is 32.4 Å². The van der Waals surface area contributed by atoms with Gasteiger partial charge in [-0.1, -0.05) is 11.1 Å². The number of nitrogen functional groups attached to an aromatic ring is 1. The maximum Gasteiger partial charge on any atom is 0.344 e. The number of ether oxygens (including phenoxy) is 2. The molecule has 1 saturated heterocycles. The van der Waals surface area contributed by atoms with E-state index in [2.05, 4.69) is 0 Å². The molecule has 27 heavy (non-hydrogen) atoms. The van der Waals surface area contributed by atoms with Crippen molar-refractivity contribution in [1.82, 2.24) is 9.38 Å². The highest BCUT2D eigenvalue weighted by Gasteiger charge is 2.28. The molecule has 4 rings (SSSR count). The highest BCUT2D eigenvalue weighted by molar-refractivity contribution is 5.96. The Hall–Kier alpha value is -3.00. The van der Waals surface area contributed by atoms with Crippen LogP contribution < -0.4 is 15.9 Å². The molecule has 1 aliphatic heterocycles. The largest absolute Gasteiger partial charge is 0.465 e. The summed E-state index contributed by atoms with van der Waals surface area (Å²) < 4.78 is 13.7. The molecule has 0 aromatic carbocycles. The van der Waals surface area contributed by atoms with Crippen LogP contribution in [-0.2, 0) is 16.0 Å². The molecule has 4 heterocycles. The Balaban J connectivity index is 2.07. The minimum Gasteiger partial charge on any atom is -0.465 e. The molecule has 8 nitrogen and oxygen atoms in total. The lowest BCUT2D eigenvalue weighted by Gasteiger charge is -2.14. The molecule has 3 aromatic heterocycles. The first kappa shape index (κ1) is 17.4. The van der Waals surface area contributed by atoms with E-state index in [1.54, 1.807) is 16.8 Å². The molecule has 8 heteroatoms. The molecule has 2 N–H and O–H groups in total. The van der Waals surface area contributed by atoms with E-state index in [0.29, 0.717) is 29.8 Å². The third-order valence-electron chi connectivity index (χ3n) is 4.99. The van der Waals surface area contributed by atoms with Gasteiger partial charge in [0.15, 0.2) is 0 Å². The third kappa shape index (κ3) is 2.82. The van der Waals surface area contributed by atoms with Gasteiger partial charge >= 0.3 is 5.97 Å². The number of esters is 1. The molecule has 0 amide bonds. The van der Waals surface area contributed by atoms with E-state index < -0.39 is 5.97 Å². The Morgan fingerprint density at radius 3 is 3.04 bits per heavy atom. The van der Waals surface area contributed by atoms with Crippen LogP contribution in [0.1, 0.15) is 28.8 Å². The second kappa shape index (κ2) is 6.62. The summed E-state index contributed by atoms with van der Waals surface area (Å²) in [7, 11) is 1.28. The molecule has 0 bridgehead atoms. The Kier molecular flexibility index (Phi) is 4.27. The van der Waals surface area contributed by atoms with Crippen LogP contribution in [0.2, 0.25) is 0 Å². The third-order valence-corrected chi connectivity index (χ3v) is 4.99. The minimum absolute atomic E-state index is 0.0366. The van der Waals surface area contributed by atoms with E-state index in [4.69, 9.17) is 20.2 Å². The second-order valence-electron chi connectivity index (χ2n) is 6.72. The number of rotatable bonds is 3. The van der Waals surface area contributed by atoms with Gasteiger partial charge in [-0.15, -0.1) is 0 Å². The van der Waals surface area contributed by atoms with Crippen LogP contribution in [0.5, 0.6) is 0 Å². The zero-order valence-corrected chi connectivity index (χ0v) is 15.3. The van der Waals surface area contributed by atoms with Crippen molar-refractivity contribution in [1.29, 1.82) is 0 Å². The number of anilines is 1. The molecule has 0 spiro atoms. The smallest absolute Gasteiger partial charge is 0.344 e. The summed E-state index contributed by atoms with van der Waals surface area (Å²) in [6, 6.07) is 5.15. The Morgan fingerprint density at radius 1 is 1.52 bits per heavy atom. The van der Waals surface area contributed by atoms with Gasteiger partial charge in [-0.05, 0) is 31.9 Å². The first-order valence-electron chi connectivity index (χ1n) is 8.85. The Labute approximate surface area is 155 Å². The van der Waals surface area contributed by atoms with E-state index >= 15 is 0 Å². The molecule has 140 valence electrons. The number of methoxy groups -OCH3 is 1. The number of fused-ring (bicyclic) bond motifs is 2. The first-order chi connectivity index (χ1) is 13.0. The van der Waals surface area contributed by atoms with Crippen LogP contribution in [0.4, 0.5) is 5.82 Å². The van der Waals surface area contributed by atoms with Crippen molar-refractivity contribution in [3.63, 3.8) is 0 Å². The molecule has 3 aromatic rings. The minimum atomic E-state index is -0.593. The number of aromatic nitrogens is 3. The number of pyridine rings is 2. The van der Waals surface area contributed by atoms with Crippen molar-refractivity contribution in [2.75, 3.05) is 19.5 Å². The number of hydrogen-bond acceptors (Lipinski definition) is 6. The molecule has 1 atom stereocenters. The lowest BCUT2D eigenvalue weighted by molar-refractivity contribution is -0.666. The zero-order valence-electron chi connectivity index (χ0n) is 15.3. The monoisotopic (exact) mass is 369 g/mol. The van der Waals surface area contributed by atoms with Gasteiger partial charge in [0, 0.05) is 18.4 Å². The van der Waals surface area contributed by atoms with E-state index in [9.17, 15) is 9.59 Å². The van der Waals surface area contributed by atoms with Crippen LogP contribution in [0, 0.1) is 6.92 Å². The van der Waals surface area contributed by atoms with Gasteiger partial charge < -0.3 is 15.2 Å². The highest BCUT2D eigenvalue weighted by atomic mass is 16.5. The molecule has 0 radical (unpaired) electrons. The Morgan fingerprint density at radius 2 is 2.33 bits per heavy atom. The topological polar surface area (TPSA) is 99.8 Å². The normalized spacial score (nSPS) is 16.9. The SMILES string of the molecule is COC(=O)c1cc2c(=O)n3cccc(C)c3nc2[n+](C[C@H]2CCCO2)c1N. The number of nitrogens with zero attached hydrogens (tertiary/aromatic N) is 3. The van der Waals surface area contributed by atoms with Gasteiger partial charge in [-0.3, -0.25) is 9.20 Å². The number of carbonyl (C=O) groups excluding carboxylic acids is 1. The molecular weight excluding hydrogens is 348 g/mol. The Bertz CT molecular complexity index is 1120. The average Bonchev–Trinajstić information content (AvgIpc) is 3.18. The summed E-state index contributed by atoms with van der Waals surface area (Å²) in [5, 5.41) is 0.311. The number of hydrogen-bond donors (Lipinski definition) is 1. The molecule has 0 saturated carbocycles. The maximum absolute atomic E-state index is 13.1. The summed E-state index contributed by atoms with van der Waals surface area (Å²) in [6.07, 6.45) is 3.49. The quantitative estimate of drug-likeness (QED) is 0.420. The lowest BCUT2D eigenvalue weighted by atomic mass is 10.1. The summed E-state index contributed by atoms with van der Waals surface area (Å²) in [5.41, 5.74) is 8.05. The summed E-state index contributed by atoms with van der Waals surface area (Å²) >= 11 is 0. The number of nitrogens with two attached hydrogens (primary N) is 1. The fourth-order valence-electron chi connectivity index (χ4n) is 3.56. The summed E-state index contributed by atoms with van der Waals surface area (Å²) in [5.74, 6) is -0.376. The van der Waals surface area contributed by atoms with Crippen LogP contribution in [0.15, 0.2) is 29.2 Å². The summed E-state index contributed by atoms with van der Waals surface area (Å²) in [6.45, 7) is 3.00. The fourth-order valence-corrected chi connectivity index (χ4v) is 3.56. The molecule has 0 aliphatic carbocycles. The van der Waals surface area contributed by atoms with Crippen molar-refractivity contribution in [3.8, 4) is 0 Å². The van der Waals surface area contributed by atoms with Crippen molar-refractivity contribution < 1.29 is 18.8 Å². The van der Waals surface area contributed by atoms with Gasteiger partial charge in [-0.25, -0.2) is 9.36 Å². The molecular formula is C19H21N4O4+. The van der Waals surface area contributed by atoms with Gasteiger partial charge in [0.2, 0.25) is 11.5 Å². The van der Waals surface area contributed by atoms with E-state index in [1.807, 2.05) is 13.0 Å². The van der Waals surface area contributed by atoms with Crippen molar-refractivity contribution >= 4 is 28.5 Å². The number of aryl methyl sites for hydroxylation is 1. The van der Waals surface area contributed by atoms with Crippen LogP contribution in [0.25, 0.3) is 16.7 Å². The average molecular weight is 369 g/mol. The predicted octanol–water partition coefficient (Wildman–Crippen LogP) is 0.991. The van der Waals surface area contributed by atoms with Gasteiger partial charge in [0.1, 0.15) is 10.9 Å². The molecule has 1 aliphatic rings. The van der Waals surface area contributed by atoms with Crippen molar-refractivity contribution in [2.24, 2.45) is 0 Å². The highest BCUT2D eigenvalue weighted by Crippen LogP contribution is 2.19. The standard InChI is InChI=1S/C19H20N4O4/c1-11-5-3-7-22-16(11)21-17-14(18(22)24)9-13(19(25)26-2)15(20)23(17)10-12-6-4-8-27-12/h3,5,7,9,12,20H,4,6,8,10H2,1-2H3/p+1/t12-/m1/s1.